The average Bonchev–Trinajstić information content (AvgIpc) is 2.76. The van der Waals surface area contributed by atoms with E-state index in [1.165, 1.54) is 0 Å². The molecule has 0 radical (unpaired) electrons. The van der Waals surface area contributed by atoms with Crippen LogP contribution in [-0.2, 0) is 11.3 Å². The molecule has 2 unspecified atom stereocenters. The van der Waals surface area contributed by atoms with E-state index < -0.39 is 0 Å². The lowest BCUT2D eigenvalue weighted by Crippen LogP contribution is -2.55. The number of Topliss-reactive ketones (excluding diaryl/α,β-unsaturated/α-hetero) is 1. The lowest BCUT2D eigenvalue weighted by molar-refractivity contribution is 0.00471. The monoisotopic (exact) mass is 407 g/mol. The molecule has 2 aromatic carbocycles. The Balaban J connectivity index is 1.44. The second-order valence-electron chi connectivity index (χ2n) is 8.40. The van der Waals surface area contributed by atoms with Crippen LogP contribution < -0.4 is 4.74 Å². The Bertz CT molecular complexity index is 897. The number of methoxy groups -OCH3 is 1. The van der Waals surface area contributed by atoms with Gasteiger partial charge in [-0.1, -0.05) is 30.3 Å². The SMILES string of the molecule is COc1ccc(C(=O)C2CC3CCCC(C2)N3C(=O)OCc2ccccc2)c(C)c1. The molecule has 1 amide bonds. The number of benzene rings is 2. The summed E-state index contributed by atoms with van der Waals surface area (Å²) in [6.45, 7) is 2.23. The molecule has 0 spiro atoms. The van der Waals surface area contributed by atoms with Gasteiger partial charge in [0.05, 0.1) is 7.11 Å². The molecule has 2 aliphatic heterocycles. The molecule has 158 valence electrons. The summed E-state index contributed by atoms with van der Waals surface area (Å²) in [5, 5.41) is 0. The number of piperidine rings is 2. The van der Waals surface area contributed by atoms with E-state index in [1.807, 2.05) is 60.4 Å². The van der Waals surface area contributed by atoms with E-state index in [4.69, 9.17) is 9.47 Å². The summed E-state index contributed by atoms with van der Waals surface area (Å²) in [4.78, 5) is 28.0. The number of ketones is 1. The van der Waals surface area contributed by atoms with Gasteiger partial charge in [-0.3, -0.25) is 4.79 Å². The predicted octanol–water partition coefficient (Wildman–Crippen LogP) is 5.16. The number of amides is 1. The highest BCUT2D eigenvalue weighted by atomic mass is 16.6. The molecular weight excluding hydrogens is 378 g/mol. The summed E-state index contributed by atoms with van der Waals surface area (Å²) in [7, 11) is 1.63. The number of hydrogen-bond acceptors (Lipinski definition) is 4. The largest absolute Gasteiger partial charge is 0.497 e. The van der Waals surface area contributed by atoms with Crippen molar-refractivity contribution < 1.29 is 19.1 Å². The molecule has 2 heterocycles. The van der Waals surface area contributed by atoms with Gasteiger partial charge in [-0.05, 0) is 68.4 Å². The van der Waals surface area contributed by atoms with Crippen molar-refractivity contribution in [3.05, 3.63) is 65.2 Å². The summed E-state index contributed by atoms with van der Waals surface area (Å²) < 4.78 is 10.9. The summed E-state index contributed by atoms with van der Waals surface area (Å²) in [5.41, 5.74) is 2.68. The fraction of sp³-hybridized carbons (Fsp3) is 0.440. The number of ether oxygens (including phenoxy) is 2. The highest BCUT2D eigenvalue weighted by Gasteiger charge is 2.43. The van der Waals surface area contributed by atoms with Gasteiger partial charge in [-0.2, -0.15) is 0 Å². The van der Waals surface area contributed by atoms with Crippen LogP contribution in [0.1, 0.15) is 53.6 Å². The van der Waals surface area contributed by atoms with Crippen molar-refractivity contribution in [1.82, 2.24) is 4.90 Å². The Morgan fingerprint density at radius 2 is 1.73 bits per heavy atom. The molecule has 30 heavy (non-hydrogen) atoms. The molecule has 2 saturated heterocycles. The first-order chi connectivity index (χ1) is 14.6. The second-order valence-corrected chi connectivity index (χ2v) is 8.40. The van der Waals surface area contributed by atoms with Gasteiger partial charge in [0.15, 0.2) is 5.78 Å². The van der Waals surface area contributed by atoms with Crippen LogP contribution in [-0.4, -0.2) is 36.0 Å². The highest BCUT2D eigenvalue weighted by molar-refractivity contribution is 5.99. The van der Waals surface area contributed by atoms with Gasteiger partial charge in [0, 0.05) is 23.6 Å². The quantitative estimate of drug-likeness (QED) is 0.643. The third kappa shape index (κ3) is 4.20. The van der Waals surface area contributed by atoms with Crippen LogP contribution in [0.3, 0.4) is 0 Å². The molecule has 2 bridgehead atoms. The normalized spacial score (nSPS) is 23.0. The number of hydrogen-bond donors (Lipinski definition) is 0. The van der Waals surface area contributed by atoms with Gasteiger partial charge in [0.2, 0.25) is 0 Å². The molecular formula is C25H29NO4. The van der Waals surface area contributed by atoms with Crippen LogP contribution >= 0.6 is 0 Å². The smallest absolute Gasteiger partial charge is 0.410 e. The number of fused-ring (bicyclic) bond motifs is 2. The van der Waals surface area contributed by atoms with Crippen molar-refractivity contribution in [3.8, 4) is 5.75 Å². The Kier molecular flexibility index (Phi) is 6.07. The van der Waals surface area contributed by atoms with Gasteiger partial charge in [0.25, 0.3) is 0 Å². The Hall–Kier alpha value is -2.82. The van der Waals surface area contributed by atoms with E-state index in [-0.39, 0.29) is 36.5 Å². The topological polar surface area (TPSA) is 55.8 Å². The molecule has 2 aromatic rings. The van der Waals surface area contributed by atoms with Crippen LogP contribution in [0.2, 0.25) is 0 Å². The first-order valence-electron chi connectivity index (χ1n) is 10.7. The Morgan fingerprint density at radius 3 is 2.37 bits per heavy atom. The summed E-state index contributed by atoms with van der Waals surface area (Å²) in [6, 6.07) is 15.5. The first-order valence-corrected chi connectivity index (χ1v) is 10.7. The fourth-order valence-corrected chi connectivity index (χ4v) is 4.95. The van der Waals surface area contributed by atoms with Gasteiger partial charge < -0.3 is 14.4 Å². The molecule has 0 N–H and O–H groups in total. The number of aryl methyl sites for hydroxylation is 1. The predicted molar refractivity (Wildman–Crippen MR) is 115 cm³/mol. The lowest BCUT2D eigenvalue weighted by atomic mass is 9.75. The van der Waals surface area contributed by atoms with E-state index in [2.05, 4.69) is 0 Å². The van der Waals surface area contributed by atoms with Crippen LogP contribution in [0.15, 0.2) is 48.5 Å². The summed E-state index contributed by atoms with van der Waals surface area (Å²) in [6.07, 6.45) is 4.13. The van der Waals surface area contributed by atoms with E-state index in [0.717, 1.165) is 41.7 Å². The first kappa shape index (κ1) is 20.5. The minimum atomic E-state index is -0.250. The summed E-state index contributed by atoms with van der Waals surface area (Å²) in [5.74, 6) is 0.895. The lowest BCUT2D eigenvalue weighted by Gasteiger charge is -2.47. The minimum Gasteiger partial charge on any atom is -0.497 e. The zero-order chi connectivity index (χ0) is 21.1. The number of rotatable bonds is 5. The summed E-state index contributed by atoms with van der Waals surface area (Å²) >= 11 is 0. The standard InChI is InChI=1S/C25H29NO4/c1-17-13-22(29-2)11-12-23(17)24(27)19-14-20-9-6-10-21(15-19)26(20)25(28)30-16-18-7-4-3-5-8-18/h3-5,7-8,11-13,19-21H,6,9-10,14-16H2,1-2H3. The Labute approximate surface area is 178 Å². The minimum absolute atomic E-state index is 0.0504. The van der Waals surface area contributed by atoms with Gasteiger partial charge >= 0.3 is 6.09 Å². The zero-order valence-corrected chi connectivity index (χ0v) is 17.7. The van der Waals surface area contributed by atoms with E-state index in [0.29, 0.717) is 12.8 Å². The van der Waals surface area contributed by atoms with Gasteiger partial charge in [0.1, 0.15) is 12.4 Å². The molecule has 2 atom stereocenters. The second kappa shape index (κ2) is 8.90. The van der Waals surface area contributed by atoms with Crippen molar-refractivity contribution in [1.29, 1.82) is 0 Å². The molecule has 0 aliphatic carbocycles. The highest BCUT2D eigenvalue weighted by Crippen LogP contribution is 2.39. The third-order valence-electron chi connectivity index (χ3n) is 6.46. The fourth-order valence-electron chi connectivity index (χ4n) is 4.95. The maximum Gasteiger partial charge on any atom is 0.410 e. The van der Waals surface area contributed by atoms with Crippen LogP contribution in [0.4, 0.5) is 4.79 Å². The molecule has 4 rings (SSSR count). The average molecular weight is 408 g/mol. The molecule has 0 saturated carbocycles. The Morgan fingerprint density at radius 1 is 1.03 bits per heavy atom. The molecule has 0 aromatic heterocycles. The van der Waals surface area contributed by atoms with E-state index >= 15 is 0 Å². The van der Waals surface area contributed by atoms with Crippen molar-refractivity contribution in [3.63, 3.8) is 0 Å². The van der Waals surface area contributed by atoms with Crippen molar-refractivity contribution in [2.24, 2.45) is 5.92 Å². The van der Waals surface area contributed by atoms with Crippen LogP contribution in [0.25, 0.3) is 0 Å². The van der Waals surface area contributed by atoms with Crippen molar-refractivity contribution in [2.75, 3.05) is 7.11 Å². The van der Waals surface area contributed by atoms with Crippen molar-refractivity contribution in [2.45, 2.75) is 57.7 Å². The maximum absolute atomic E-state index is 13.3. The zero-order valence-electron chi connectivity index (χ0n) is 17.7. The number of nitrogens with zero attached hydrogens (tertiary/aromatic N) is 1. The van der Waals surface area contributed by atoms with E-state index in [9.17, 15) is 9.59 Å². The number of carbonyl (C=O) groups is 2. The van der Waals surface area contributed by atoms with Crippen molar-refractivity contribution >= 4 is 11.9 Å². The molecule has 2 fully saturated rings. The molecule has 5 nitrogen and oxygen atoms in total. The molecule has 5 heteroatoms. The van der Waals surface area contributed by atoms with Gasteiger partial charge in [-0.25, -0.2) is 4.79 Å². The molecule has 2 aliphatic rings. The van der Waals surface area contributed by atoms with Gasteiger partial charge in [-0.15, -0.1) is 0 Å². The number of carbonyl (C=O) groups excluding carboxylic acids is 2. The van der Waals surface area contributed by atoms with Crippen LogP contribution in [0.5, 0.6) is 5.75 Å². The maximum atomic E-state index is 13.3. The van der Waals surface area contributed by atoms with E-state index in [1.54, 1.807) is 7.11 Å². The third-order valence-corrected chi connectivity index (χ3v) is 6.46. The van der Waals surface area contributed by atoms with Crippen LogP contribution in [0, 0.1) is 12.8 Å².